The smallest absolute Gasteiger partial charge is 0.236 e. The fourth-order valence-electron chi connectivity index (χ4n) is 2.12. The van der Waals surface area contributed by atoms with Crippen molar-refractivity contribution in [3.05, 3.63) is 34.9 Å². The highest BCUT2D eigenvalue weighted by atomic mass is 79.9. The fourth-order valence-corrected chi connectivity index (χ4v) is 2.97. The van der Waals surface area contributed by atoms with Crippen LogP contribution in [0.15, 0.2) is 24.3 Å². The molecule has 0 spiro atoms. The van der Waals surface area contributed by atoms with Crippen LogP contribution in [0.4, 0.5) is 0 Å². The van der Waals surface area contributed by atoms with Crippen molar-refractivity contribution in [3.8, 4) is 0 Å². The van der Waals surface area contributed by atoms with Crippen LogP contribution in [0.5, 0.6) is 0 Å². The number of rotatable bonds is 3. The Morgan fingerprint density at radius 2 is 1.95 bits per heavy atom. The predicted octanol–water partition coefficient (Wildman–Crippen LogP) is 2.84. The molecule has 0 bridgehead atoms. The van der Waals surface area contributed by atoms with Gasteiger partial charge in [-0.25, -0.2) is 0 Å². The van der Waals surface area contributed by atoms with E-state index < -0.39 is 0 Å². The van der Waals surface area contributed by atoms with Gasteiger partial charge >= 0.3 is 0 Å². The highest BCUT2D eigenvalue weighted by molar-refractivity contribution is 9.10. The molecule has 1 amide bonds. The van der Waals surface area contributed by atoms with Crippen LogP contribution >= 0.6 is 27.5 Å². The van der Waals surface area contributed by atoms with E-state index >= 15 is 0 Å². The molecule has 1 aliphatic heterocycles. The van der Waals surface area contributed by atoms with Crippen molar-refractivity contribution < 1.29 is 9.59 Å². The standard InChI is InChI=1S/C14H15BrClNO2/c15-12(9-10-3-1-2-4-13(10)16)14(19)17-7-5-11(18)6-8-17/h1-4,12H,5-9H2. The summed E-state index contributed by atoms with van der Waals surface area (Å²) in [6.07, 6.45) is 1.50. The number of ketones is 1. The van der Waals surface area contributed by atoms with E-state index in [0.717, 1.165) is 5.56 Å². The minimum Gasteiger partial charge on any atom is -0.341 e. The van der Waals surface area contributed by atoms with E-state index in [4.69, 9.17) is 11.6 Å². The van der Waals surface area contributed by atoms with Gasteiger partial charge in [0.15, 0.2) is 0 Å². The van der Waals surface area contributed by atoms with Gasteiger partial charge in [0.1, 0.15) is 5.78 Å². The first kappa shape index (κ1) is 14.5. The summed E-state index contributed by atoms with van der Waals surface area (Å²) in [7, 11) is 0. The number of amides is 1. The summed E-state index contributed by atoms with van der Waals surface area (Å²) in [5.41, 5.74) is 0.951. The molecule has 0 N–H and O–H groups in total. The summed E-state index contributed by atoms with van der Waals surface area (Å²) in [5, 5.41) is 0.675. The summed E-state index contributed by atoms with van der Waals surface area (Å²) in [4.78, 5) is 24.9. The molecule has 0 aliphatic carbocycles. The van der Waals surface area contributed by atoms with Gasteiger partial charge in [-0.15, -0.1) is 0 Å². The van der Waals surface area contributed by atoms with Crippen LogP contribution in [0, 0.1) is 0 Å². The fraction of sp³-hybridized carbons (Fsp3) is 0.429. The van der Waals surface area contributed by atoms with Crippen LogP contribution in [0.1, 0.15) is 18.4 Å². The molecule has 19 heavy (non-hydrogen) atoms. The van der Waals surface area contributed by atoms with Crippen molar-refractivity contribution >= 4 is 39.2 Å². The summed E-state index contributed by atoms with van der Waals surface area (Å²) in [6.45, 7) is 1.06. The lowest BCUT2D eigenvalue weighted by atomic mass is 10.1. The lowest BCUT2D eigenvalue weighted by Crippen LogP contribution is -2.42. The number of carbonyl (C=O) groups is 2. The maximum Gasteiger partial charge on any atom is 0.236 e. The second kappa shape index (κ2) is 6.53. The molecule has 2 rings (SSSR count). The Kier molecular flexibility index (Phi) is 4.99. The molecule has 1 saturated heterocycles. The first-order valence-corrected chi connectivity index (χ1v) is 7.55. The van der Waals surface area contributed by atoms with Gasteiger partial charge in [0.2, 0.25) is 5.91 Å². The van der Waals surface area contributed by atoms with E-state index in [1.54, 1.807) is 4.90 Å². The van der Waals surface area contributed by atoms with Crippen molar-refractivity contribution in [1.29, 1.82) is 0 Å². The predicted molar refractivity (Wildman–Crippen MR) is 78.7 cm³/mol. The third-order valence-corrected chi connectivity index (χ3v) is 4.34. The molecule has 3 nitrogen and oxygen atoms in total. The Morgan fingerprint density at radius 1 is 1.32 bits per heavy atom. The maximum absolute atomic E-state index is 12.2. The zero-order chi connectivity index (χ0) is 13.8. The van der Waals surface area contributed by atoms with Crippen molar-refractivity contribution in [2.45, 2.75) is 24.1 Å². The molecule has 0 aromatic heterocycles. The molecule has 5 heteroatoms. The number of alkyl halides is 1. The summed E-state index contributed by atoms with van der Waals surface area (Å²) >= 11 is 9.52. The zero-order valence-electron chi connectivity index (χ0n) is 10.4. The lowest BCUT2D eigenvalue weighted by molar-refractivity contribution is -0.133. The van der Waals surface area contributed by atoms with Crippen molar-refractivity contribution in [1.82, 2.24) is 4.90 Å². The number of Topliss-reactive ketones (excluding diaryl/α,β-unsaturated/α-hetero) is 1. The van der Waals surface area contributed by atoms with Crippen LogP contribution in [-0.4, -0.2) is 34.5 Å². The molecule has 1 aromatic rings. The molecule has 102 valence electrons. The number of halogens is 2. The van der Waals surface area contributed by atoms with Gasteiger partial charge in [-0.1, -0.05) is 45.7 Å². The van der Waals surface area contributed by atoms with Crippen LogP contribution < -0.4 is 0 Å². The molecule has 0 saturated carbocycles. The number of benzene rings is 1. The molecule has 0 radical (unpaired) electrons. The molecular weight excluding hydrogens is 330 g/mol. The van der Waals surface area contributed by atoms with Crippen molar-refractivity contribution in [3.63, 3.8) is 0 Å². The molecular formula is C14H15BrClNO2. The molecule has 1 unspecified atom stereocenters. The second-order valence-corrected chi connectivity index (χ2v) is 6.14. The Morgan fingerprint density at radius 3 is 2.58 bits per heavy atom. The van der Waals surface area contributed by atoms with Gasteiger partial charge in [0.05, 0.1) is 4.83 Å². The molecule has 1 atom stereocenters. The number of hydrogen-bond donors (Lipinski definition) is 0. The van der Waals surface area contributed by atoms with Gasteiger partial charge in [0, 0.05) is 31.0 Å². The number of likely N-dealkylation sites (tertiary alicyclic amines) is 1. The Hall–Kier alpha value is -0.870. The first-order chi connectivity index (χ1) is 9.08. The van der Waals surface area contributed by atoms with Gasteiger partial charge in [-0.2, -0.15) is 0 Å². The average molecular weight is 345 g/mol. The normalized spacial score (nSPS) is 17.4. The van der Waals surface area contributed by atoms with E-state index in [-0.39, 0.29) is 16.5 Å². The van der Waals surface area contributed by atoms with E-state index in [2.05, 4.69) is 15.9 Å². The van der Waals surface area contributed by atoms with Gasteiger partial charge in [0.25, 0.3) is 0 Å². The highest BCUT2D eigenvalue weighted by Gasteiger charge is 2.26. The monoisotopic (exact) mass is 343 g/mol. The Bertz CT molecular complexity index is 482. The number of hydrogen-bond acceptors (Lipinski definition) is 2. The van der Waals surface area contributed by atoms with Crippen LogP contribution in [-0.2, 0) is 16.0 Å². The van der Waals surface area contributed by atoms with Crippen LogP contribution in [0.2, 0.25) is 5.02 Å². The molecule has 1 aliphatic rings. The minimum atomic E-state index is -0.291. The minimum absolute atomic E-state index is 0.0346. The highest BCUT2D eigenvalue weighted by Crippen LogP contribution is 2.21. The topological polar surface area (TPSA) is 37.4 Å². The first-order valence-electron chi connectivity index (χ1n) is 6.26. The average Bonchev–Trinajstić information content (AvgIpc) is 2.41. The molecule has 1 fully saturated rings. The number of carbonyl (C=O) groups excluding carboxylic acids is 2. The summed E-state index contributed by atoms with van der Waals surface area (Å²) in [6, 6.07) is 7.52. The van der Waals surface area contributed by atoms with E-state index in [1.165, 1.54) is 0 Å². The number of nitrogens with zero attached hydrogens (tertiary/aromatic N) is 1. The Balaban J connectivity index is 1.96. The molecule has 1 heterocycles. The van der Waals surface area contributed by atoms with Crippen LogP contribution in [0.25, 0.3) is 0 Å². The van der Waals surface area contributed by atoms with Gasteiger partial charge in [-0.3, -0.25) is 9.59 Å². The van der Waals surface area contributed by atoms with E-state index in [1.807, 2.05) is 24.3 Å². The van der Waals surface area contributed by atoms with E-state index in [0.29, 0.717) is 37.4 Å². The quantitative estimate of drug-likeness (QED) is 0.791. The summed E-state index contributed by atoms with van der Waals surface area (Å²) < 4.78 is 0. The Labute approximate surface area is 126 Å². The third-order valence-electron chi connectivity index (χ3n) is 3.26. The maximum atomic E-state index is 12.2. The van der Waals surface area contributed by atoms with Crippen molar-refractivity contribution in [2.75, 3.05) is 13.1 Å². The van der Waals surface area contributed by atoms with Crippen LogP contribution in [0.3, 0.4) is 0 Å². The van der Waals surface area contributed by atoms with Gasteiger partial charge in [-0.05, 0) is 18.1 Å². The zero-order valence-corrected chi connectivity index (χ0v) is 12.8. The summed E-state index contributed by atoms with van der Waals surface area (Å²) in [5.74, 6) is 0.272. The largest absolute Gasteiger partial charge is 0.341 e. The second-order valence-electron chi connectivity index (χ2n) is 4.63. The van der Waals surface area contributed by atoms with Gasteiger partial charge < -0.3 is 4.90 Å². The SMILES string of the molecule is O=C1CCN(C(=O)C(Br)Cc2ccccc2Cl)CC1. The number of piperidine rings is 1. The lowest BCUT2D eigenvalue weighted by Gasteiger charge is -2.28. The van der Waals surface area contributed by atoms with E-state index in [9.17, 15) is 9.59 Å². The van der Waals surface area contributed by atoms with Crippen molar-refractivity contribution in [2.24, 2.45) is 0 Å². The molecule has 1 aromatic carbocycles. The third kappa shape index (κ3) is 3.80.